The molecule has 0 saturated heterocycles. The number of nitrogens with one attached hydrogen (secondary N) is 1. The minimum absolute atomic E-state index is 0.170. The van der Waals surface area contributed by atoms with Crippen molar-refractivity contribution in [2.75, 3.05) is 13.2 Å². The molecule has 0 aliphatic rings. The Bertz CT molecular complexity index is 438. The molecular formula is C20H39NO5. The smallest absolute Gasteiger partial charge is 0.407 e. The van der Waals surface area contributed by atoms with Crippen molar-refractivity contribution < 1.29 is 24.2 Å². The quantitative estimate of drug-likeness (QED) is 0.482. The standard InChI is InChI=1S/C20H39NO5/c1-18(2,3)15-20(6,7)25-14-12-19(4,5)26-17(24)21-13-10-8-9-11-16(22)23/h8-15H2,1-7H3,(H,21,24)(H,22,23). The lowest BCUT2D eigenvalue weighted by molar-refractivity contribution is -0.137. The van der Waals surface area contributed by atoms with Crippen LogP contribution >= 0.6 is 0 Å². The van der Waals surface area contributed by atoms with Gasteiger partial charge in [-0.05, 0) is 52.4 Å². The topological polar surface area (TPSA) is 84.9 Å². The van der Waals surface area contributed by atoms with Gasteiger partial charge in [0.2, 0.25) is 0 Å². The second kappa shape index (κ2) is 10.8. The van der Waals surface area contributed by atoms with Crippen LogP contribution in [0.5, 0.6) is 0 Å². The van der Waals surface area contributed by atoms with Crippen LogP contribution in [0, 0.1) is 5.41 Å². The number of amides is 1. The molecule has 0 bridgehead atoms. The van der Waals surface area contributed by atoms with Gasteiger partial charge < -0.3 is 19.9 Å². The Labute approximate surface area is 159 Å². The van der Waals surface area contributed by atoms with Crippen LogP contribution in [0.2, 0.25) is 0 Å². The summed E-state index contributed by atoms with van der Waals surface area (Å²) in [6, 6.07) is 0. The molecule has 0 saturated carbocycles. The average molecular weight is 374 g/mol. The molecule has 0 atom stereocenters. The molecule has 0 aromatic carbocycles. The van der Waals surface area contributed by atoms with Crippen LogP contribution in [0.15, 0.2) is 0 Å². The summed E-state index contributed by atoms with van der Waals surface area (Å²) in [7, 11) is 0. The highest BCUT2D eigenvalue weighted by molar-refractivity contribution is 5.67. The van der Waals surface area contributed by atoms with Gasteiger partial charge in [0.15, 0.2) is 0 Å². The summed E-state index contributed by atoms with van der Waals surface area (Å²) < 4.78 is 11.5. The third kappa shape index (κ3) is 15.0. The molecule has 0 aliphatic carbocycles. The number of carboxylic acid groups (broad SMARTS) is 1. The number of carboxylic acids is 1. The summed E-state index contributed by atoms with van der Waals surface area (Å²) >= 11 is 0. The van der Waals surface area contributed by atoms with Crippen molar-refractivity contribution in [3.63, 3.8) is 0 Å². The van der Waals surface area contributed by atoms with Crippen LogP contribution in [-0.4, -0.2) is 41.5 Å². The molecule has 26 heavy (non-hydrogen) atoms. The van der Waals surface area contributed by atoms with E-state index in [4.69, 9.17) is 14.6 Å². The number of aliphatic carboxylic acids is 1. The van der Waals surface area contributed by atoms with Crippen molar-refractivity contribution in [2.45, 2.75) is 98.2 Å². The molecule has 2 N–H and O–H groups in total. The van der Waals surface area contributed by atoms with Gasteiger partial charge in [0, 0.05) is 19.4 Å². The molecule has 0 unspecified atom stereocenters. The Hall–Kier alpha value is -1.30. The molecule has 6 heteroatoms. The van der Waals surface area contributed by atoms with Gasteiger partial charge in [-0.1, -0.05) is 27.2 Å². The molecule has 154 valence electrons. The van der Waals surface area contributed by atoms with Crippen molar-refractivity contribution >= 4 is 12.1 Å². The normalized spacial score (nSPS) is 12.7. The van der Waals surface area contributed by atoms with Crippen molar-refractivity contribution in [3.05, 3.63) is 0 Å². The summed E-state index contributed by atoms with van der Waals surface area (Å²) in [4.78, 5) is 22.3. The first kappa shape index (κ1) is 24.7. The highest BCUT2D eigenvalue weighted by Crippen LogP contribution is 2.30. The molecule has 0 aliphatic heterocycles. The summed E-state index contributed by atoms with van der Waals surface area (Å²) in [5.74, 6) is -0.785. The molecule has 0 fully saturated rings. The predicted octanol–water partition coefficient (Wildman–Crippen LogP) is 4.76. The molecule has 0 spiro atoms. The number of unbranched alkanes of at least 4 members (excludes halogenated alkanes) is 2. The fourth-order valence-corrected chi connectivity index (χ4v) is 3.01. The van der Waals surface area contributed by atoms with Crippen LogP contribution in [0.1, 0.15) is 87.0 Å². The minimum Gasteiger partial charge on any atom is -0.481 e. The molecule has 0 radical (unpaired) electrons. The lowest BCUT2D eigenvalue weighted by Crippen LogP contribution is -2.37. The lowest BCUT2D eigenvalue weighted by atomic mass is 9.83. The molecule has 0 rings (SSSR count). The SMILES string of the molecule is CC(C)(C)CC(C)(C)OCCC(C)(C)OC(=O)NCCCCCC(=O)O. The third-order valence-electron chi connectivity index (χ3n) is 3.86. The van der Waals surface area contributed by atoms with Gasteiger partial charge in [0.25, 0.3) is 0 Å². The van der Waals surface area contributed by atoms with E-state index in [1.165, 1.54) is 0 Å². The molecule has 6 nitrogen and oxygen atoms in total. The summed E-state index contributed by atoms with van der Waals surface area (Å²) in [6.45, 7) is 15.5. The third-order valence-corrected chi connectivity index (χ3v) is 3.86. The number of ether oxygens (including phenoxy) is 2. The number of carbonyl (C=O) groups is 2. The first-order chi connectivity index (χ1) is 11.7. The van der Waals surface area contributed by atoms with E-state index in [0.717, 1.165) is 19.3 Å². The van der Waals surface area contributed by atoms with Crippen LogP contribution < -0.4 is 5.32 Å². The number of hydrogen-bond acceptors (Lipinski definition) is 4. The van der Waals surface area contributed by atoms with E-state index >= 15 is 0 Å². The van der Waals surface area contributed by atoms with Crippen LogP contribution in [-0.2, 0) is 14.3 Å². The van der Waals surface area contributed by atoms with Crippen LogP contribution in [0.3, 0.4) is 0 Å². The largest absolute Gasteiger partial charge is 0.481 e. The van der Waals surface area contributed by atoms with Crippen molar-refractivity contribution in [2.24, 2.45) is 5.41 Å². The summed E-state index contributed by atoms with van der Waals surface area (Å²) in [5, 5.41) is 11.3. The number of carbonyl (C=O) groups excluding carboxylic acids is 1. The zero-order valence-electron chi connectivity index (χ0n) is 17.7. The molecule has 0 heterocycles. The van der Waals surface area contributed by atoms with E-state index in [1.807, 2.05) is 13.8 Å². The van der Waals surface area contributed by atoms with E-state index in [1.54, 1.807) is 0 Å². The van der Waals surface area contributed by atoms with E-state index in [-0.39, 0.29) is 17.4 Å². The van der Waals surface area contributed by atoms with Crippen LogP contribution in [0.25, 0.3) is 0 Å². The zero-order chi connectivity index (χ0) is 20.4. The van der Waals surface area contributed by atoms with Gasteiger partial charge in [0.05, 0.1) is 12.2 Å². The van der Waals surface area contributed by atoms with E-state index in [0.29, 0.717) is 26.0 Å². The molecule has 1 amide bonds. The first-order valence-electron chi connectivity index (χ1n) is 9.55. The Morgan fingerprint density at radius 1 is 0.923 bits per heavy atom. The van der Waals surface area contributed by atoms with Gasteiger partial charge in [0.1, 0.15) is 5.60 Å². The van der Waals surface area contributed by atoms with Gasteiger partial charge >= 0.3 is 12.1 Å². The Morgan fingerprint density at radius 3 is 2.08 bits per heavy atom. The maximum atomic E-state index is 11.9. The maximum Gasteiger partial charge on any atom is 0.407 e. The average Bonchev–Trinajstić information content (AvgIpc) is 2.38. The summed E-state index contributed by atoms with van der Waals surface area (Å²) in [5.41, 5.74) is -0.627. The Morgan fingerprint density at radius 2 is 1.54 bits per heavy atom. The van der Waals surface area contributed by atoms with Crippen molar-refractivity contribution in [1.82, 2.24) is 5.32 Å². The van der Waals surface area contributed by atoms with Crippen molar-refractivity contribution in [1.29, 1.82) is 0 Å². The van der Waals surface area contributed by atoms with E-state index < -0.39 is 17.7 Å². The minimum atomic E-state index is -0.785. The predicted molar refractivity (Wildman–Crippen MR) is 103 cm³/mol. The number of rotatable bonds is 12. The Balaban J connectivity index is 4.01. The molecule has 0 aromatic rings. The highest BCUT2D eigenvalue weighted by atomic mass is 16.6. The molecule has 0 aromatic heterocycles. The zero-order valence-corrected chi connectivity index (χ0v) is 17.7. The second-order valence-corrected chi connectivity index (χ2v) is 9.38. The first-order valence-corrected chi connectivity index (χ1v) is 9.55. The highest BCUT2D eigenvalue weighted by Gasteiger charge is 2.28. The fraction of sp³-hybridized carbons (Fsp3) is 0.900. The van der Waals surface area contributed by atoms with Gasteiger partial charge in [-0.3, -0.25) is 4.79 Å². The van der Waals surface area contributed by atoms with Gasteiger partial charge in [-0.15, -0.1) is 0 Å². The van der Waals surface area contributed by atoms with E-state index in [9.17, 15) is 9.59 Å². The number of hydrogen-bond donors (Lipinski definition) is 2. The van der Waals surface area contributed by atoms with Crippen molar-refractivity contribution in [3.8, 4) is 0 Å². The van der Waals surface area contributed by atoms with Gasteiger partial charge in [-0.2, -0.15) is 0 Å². The monoisotopic (exact) mass is 373 g/mol. The van der Waals surface area contributed by atoms with Crippen LogP contribution in [0.4, 0.5) is 4.79 Å². The van der Waals surface area contributed by atoms with E-state index in [2.05, 4.69) is 39.9 Å². The van der Waals surface area contributed by atoms with Gasteiger partial charge in [-0.25, -0.2) is 4.79 Å². The Kier molecular flexibility index (Phi) is 10.2. The summed E-state index contributed by atoms with van der Waals surface area (Å²) in [6.07, 6.45) is 3.43. The lowest BCUT2D eigenvalue weighted by Gasteiger charge is -2.34. The maximum absolute atomic E-state index is 11.9. The fourth-order valence-electron chi connectivity index (χ4n) is 3.01. The second-order valence-electron chi connectivity index (χ2n) is 9.38. The molecular weight excluding hydrogens is 334 g/mol. The number of alkyl carbamates (subject to hydrolysis) is 1.